The number of amides is 2. The highest BCUT2D eigenvalue weighted by atomic mass is 16.5. The summed E-state index contributed by atoms with van der Waals surface area (Å²) in [5.41, 5.74) is 4.35. The molecule has 1 rings (SSSR count). The first-order valence-corrected chi connectivity index (χ1v) is 7.55. The summed E-state index contributed by atoms with van der Waals surface area (Å²) >= 11 is 0. The summed E-state index contributed by atoms with van der Waals surface area (Å²) in [4.78, 5) is 23.0. The molecule has 0 unspecified atom stereocenters. The molecule has 6 heteroatoms. The smallest absolute Gasteiger partial charge is 0.329 e. The van der Waals surface area contributed by atoms with Gasteiger partial charge in [0.25, 0.3) is 0 Å². The van der Waals surface area contributed by atoms with E-state index in [1.54, 1.807) is 7.11 Å². The van der Waals surface area contributed by atoms with Crippen LogP contribution in [0.25, 0.3) is 0 Å². The van der Waals surface area contributed by atoms with Gasteiger partial charge in [0.2, 0.25) is 0 Å². The third-order valence-corrected chi connectivity index (χ3v) is 3.17. The molecule has 0 aromatic heterocycles. The molecule has 0 radical (unpaired) electrons. The Labute approximate surface area is 137 Å². The molecule has 0 bridgehead atoms. The summed E-state index contributed by atoms with van der Waals surface area (Å²) in [6, 6.07) is 7.87. The summed E-state index contributed by atoms with van der Waals surface area (Å²) < 4.78 is 4.85. The van der Waals surface area contributed by atoms with Gasteiger partial charge in [0.05, 0.1) is 6.21 Å². The van der Waals surface area contributed by atoms with Gasteiger partial charge in [-0.3, -0.25) is 9.59 Å². The van der Waals surface area contributed by atoms with E-state index in [2.05, 4.69) is 36.6 Å². The number of ether oxygens (including phenoxy) is 1. The van der Waals surface area contributed by atoms with E-state index in [0.29, 0.717) is 19.6 Å². The number of nitrogens with one attached hydrogen (secondary N) is 2. The zero-order valence-electron chi connectivity index (χ0n) is 14.2. The second-order valence-electron chi connectivity index (χ2n) is 6.17. The zero-order chi connectivity index (χ0) is 17.3. The van der Waals surface area contributed by atoms with Crippen molar-refractivity contribution in [2.45, 2.75) is 32.6 Å². The third-order valence-electron chi connectivity index (χ3n) is 3.17. The molecule has 6 nitrogen and oxygen atoms in total. The van der Waals surface area contributed by atoms with E-state index in [9.17, 15) is 9.59 Å². The summed E-state index contributed by atoms with van der Waals surface area (Å²) in [5, 5.41) is 6.27. The maximum Gasteiger partial charge on any atom is 0.329 e. The first-order chi connectivity index (χ1) is 10.8. The molecule has 23 heavy (non-hydrogen) atoms. The first kappa shape index (κ1) is 18.8. The lowest BCUT2D eigenvalue weighted by atomic mass is 9.87. The summed E-state index contributed by atoms with van der Waals surface area (Å²) in [7, 11) is 1.58. The van der Waals surface area contributed by atoms with E-state index >= 15 is 0 Å². The van der Waals surface area contributed by atoms with Crippen LogP contribution in [-0.2, 0) is 19.7 Å². The van der Waals surface area contributed by atoms with Crippen molar-refractivity contribution in [1.29, 1.82) is 0 Å². The van der Waals surface area contributed by atoms with Crippen molar-refractivity contribution in [3.63, 3.8) is 0 Å². The van der Waals surface area contributed by atoms with Crippen LogP contribution >= 0.6 is 0 Å². The molecule has 0 fully saturated rings. The first-order valence-electron chi connectivity index (χ1n) is 7.55. The van der Waals surface area contributed by atoms with Gasteiger partial charge in [-0.05, 0) is 23.0 Å². The van der Waals surface area contributed by atoms with Crippen molar-refractivity contribution in [3.05, 3.63) is 35.4 Å². The number of hydrogen-bond donors (Lipinski definition) is 2. The Balaban J connectivity index is 2.43. The number of hydrazone groups is 1. The maximum absolute atomic E-state index is 11.5. The molecule has 1 aromatic carbocycles. The molecule has 2 amide bonds. The second-order valence-corrected chi connectivity index (χ2v) is 6.17. The van der Waals surface area contributed by atoms with Gasteiger partial charge in [0.1, 0.15) is 0 Å². The van der Waals surface area contributed by atoms with E-state index in [0.717, 1.165) is 5.56 Å². The minimum atomic E-state index is -0.787. The quantitative estimate of drug-likeness (QED) is 0.362. The van der Waals surface area contributed by atoms with E-state index in [-0.39, 0.29) is 5.41 Å². The number of benzene rings is 1. The van der Waals surface area contributed by atoms with E-state index < -0.39 is 11.8 Å². The van der Waals surface area contributed by atoms with Gasteiger partial charge in [0, 0.05) is 20.3 Å². The molecule has 2 N–H and O–H groups in total. The molecule has 1 aromatic rings. The van der Waals surface area contributed by atoms with Crippen molar-refractivity contribution in [3.8, 4) is 0 Å². The van der Waals surface area contributed by atoms with Crippen molar-refractivity contribution < 1.29 is 14.3 Å². The second kappa shape index (κ2) is 9.05. The third kappa shape index (κ3) is 7.06. The molecular formula is C17H25N3O3. The number of methoxy groups -OCH3 is 1. The highest BCUT2D eigenvalue weighted by molar-refractivity contribution is 6.35. The minimum Gasteiger partial charge on any atom is -0.385 e. The van der Waals surface area contributed by atoms with Crippen LogP contribution < -0.4 is 10.7 Å². The zero-order valence-corrected chi connectivity index (χ0v) is 14.2. The van der Waals surface area contributed by atoms with Gasteiger partial charge in [-0.2, -0.15) is 5.10 Å². The van der Waals surface area contributed by atoms with E-state index in [4.69, 9.17) is 4.74 Å². The lowest BCUT2D eigenvalue weighted by molar-refractivity contribution is -0.139. The van der Waals surface area contributed by atoms with Crippen LogP contribution in [0.3, 0.4) is 0 Å². The van der Waals surface area contributed by atoms with E-state index in [1.807, 2.05) is 24.3 Å². The SMILES string of the molecule is COCCCNC(=O)C(=O)N/N=C/c1ccc(C(C)(C)C)cc1. The number of hydrogen-bond acceptors (Lipinski definition) is 4. The predicted octanol–water partition coefficient (Wildman–Crippen LogP) is 1.59. The Morgan fingerprint density at radius 2 is 1.83 bits per heavy atom. The van der Waals surface area contributed by atoms with Crippen molar-refractivity contribution in [2.24, 2.45) is 5.10 Å². The number of carbonyl (C=O) groups is 2. The fourth-order valence-electron chi connectivity index (χ4n) is 1.78. The van der Waals surface area contributed by atoms with Crippen LogP contribution in [0.5, 0.6) is 0 Å². The van der Waals surface area contributed by atoms with Crippen LogP contribution in [-0.4, -0.2) is 38.3 Å². The number of carbonyl (C=O) groups excluding carboxylic acids is 2. The maximum atomic E-state index is 11.5. The molecular weight excluding hydrogens is 294 g/mol. The average Bonchev–Trinajstić information content (AvgIpc) is 2.51. The van der Waals surface area contributed by atoms with Gasteiger partial charge >= 0.3 is 11.8 Å². The molecule has 0 saturated heterocycles. The Bertz CT molecular complexity index is 545. The molecule has 0 atom stereocenters. The lowest BCUT2D eigenvalue weighted by Gasteiger charge is -2.18. The largest absolute Gasteiger partial charge is 0.385 e. The number of nitrogens with zero attached hydrogens (tertiary/aromatic N) is 1. The Hall–Kier alpha value is -2.21. The lowest BCUT2D eigenvalue weighted by Crippen LogP contribution is -2.38. The monoisotopic (exact) mass is 319 g/mol. The normalized spacial score (nSPS) is 11.5. The van der Waals surface area contributed by atoms with Gasteiger partial charge in [0.15, 0.2) is 0 Å². The van der Waals surface area contributed by atoms with Crippen LogP contribution in [0.2, 0.25) is 0 Å². The number of rotatable bonds is 6. The Morgan fingerprint density at radius 3 is 2.39 bits per heavy atom. The van der Waals surface area contributed by atoms with Gasteiger partial charge < -0.3 is 10.1 Å². The Morgan fingerprint density at radius 1 is 1.17 bits per heavy atom. The van der Waals surface area contributed by atoms with Crippen molar-refractivity contribution in [1.82, 2.24) is 10.7 Å². The topological polar surface area (TPSA) is 79.8 Å². The van der Waals surface area contributed by atoms with Gasteiger partial charge in [-0.25, -0.2) is 5.43 Å². The van der Waals surface area contributed by atoms with Crippen molar-refractivity contribution in [2.75, 3.05) is 20.3 Å². The van der Waals surface area contributed by atoms with Gasteiger partial charge in [-0.1, -0.05) is 45.0 Å². The van der Waals surface area contributed by atoms with Crippen LogP contribution in [0, 0.1) is 0 Å². The Kier molecular flexibility index (Phi) is 7.41. The minimum absolute atomic E-state index is 0.0881. The standard InChI is InChI=1S/C17H25N3O3/c1-17(2,3)14-8-6-13(7-9-14)12-19-20-16(22)15(21)18-10-5-11-23-4/h6-9,12H,5,10-11H2,1-4H3,(H,18,21)(H,20,22)/b19-12+. The summed E-state index contributed by atoms with van der Waals surface area (Å²) in [6.07, 6.45) is 2.15. The van der Waals surface area contributed by atoms with Crippen LogP contribution in [0.15, 0.2) is 29.4 Å². The molecule has 0 aliphatic rings. The van der Waals surface area contributed by atoms with E-state index in [1.165, 1.54) is 11.8 Å². The van der Waals surface area contributed by atoms with Crippen LogP contribution in [0.1, 0.15) is 38.3 Å². The highest BCUT2D eigenvalue weighted by Crippen LogP contribution is 2.21. The molecule has 126 valence electrons. The fraction of sp³-hybridized carbons (Fsp3) is 0.471. The predicted molar refractivity (Wildman–Crippen MR) is 90.4 cm³/mol. The van der Waals surface area contributed by atoms with Gasteiger partial charge in [-0.15, -0.1) is 0 Å². The molecule has 0 heterocycles. The average molecular weight is 319 g/mol. The van der Waals surface area contributed by atoms with Crippen LogP contribution in [0.4, 0.5) is 0 Å². The van der Waals surface area contributed by atoms with Crippen molar-refractivity contribution >= 4 is 18.0 Å². The molecule has 0 aliphatic carbocycles. The molecule has 0 aliphatic heterocycles. The molecule has 0 spiro atoms. The highest BCUT2D eigenvalue weighted by Gasteiger charge is 2.13. The molecule has 0 saturated carbocycles. The summed E-state index contributed by atoms with van der Waals surface area (Å²) in [6.45, 7) is 7.34. The summed E-state index contributed by atoms with van der Waals surface area (Å²) in [5.74, 6) is -1.49. The fourth-order valence-corrected chi connectivity index (χ4v) is 1.78.